The fraction of sp³-hybridized carbons (Fsp3) is 0.150. The smallest absolute Gasteiger partial charge is 0.164 e. The summed E-state index contributed by atoms with van der Waals surface area (Å²) in [4.78, 5) is 18.1. The number of pyridine rings is 4. The molecule has 0 aliphatic carbocycles. The van der Waals surface area contributed by atoms with Gasteiger partial charge in [-0.05, 0) is 55.3 Å². The zero-order valence-electron chi connectivity index (χ0n) is 14.7. The number of aromatic nitrogens is 6. The second-order valence-corrected chi connectivity index (χ2v) is 6.41. The Bertz CT molecular complexity index is 1260. The van der Waals surface area contributed by atoms with E-state index in [0.29, 0.717) is 0 Å². The topological polar surface area (TPSA) is 68.9 Å². The van der Waals surface area contributed by atoms with E-state index in [1.165, 1.54) is 0 Å². The summed E-state index contributed by atoms with van der Waals surface area (Å²) in [7, 11) is 0. The molecule has 0 aliphatic heterocycles. The summed E-state index contributed by atoms with van der Waals surface area (Å²) in [5.41, 5.74) is 4.70. The first-order valence-corrected chi connectivity index (χ1v) is 8.57. The Kier molecular flexibility index (Phi) is 4.41. The van der Waals surface area contributed by atoms with Crippen LogP contribution in [0.25, 0.3) is 27.6 Å². The number of hydrogen-bond donors (Lipinski definition) is 0. The highest BCUT2D eigenvalue weighted by Crippen LogP contribution is 2.17. The Morgan fingerprint density at radius 3 is 2.85 bits per heavy atom. The Labute approximate surface area is 161 Å². The van der Waals surface area contributed by atoms with Gasteiger partial charge in [-0.15, -0.1) is 12.4 Å². The van der Waals surface area contributed by atoms with Gasteiger partial charge in [0, 0.05) is 41.5 Å². The number of nitrogens with zero attached hydrogens (tertiary/aromatic N) is 6. The van der Waals surface area contributed by atoms with Gasteiger partial charge >= 0.3 is 0 Å². The minimum absolute atomic E-state index is 0. The lowest BCUT2D eigenvalue weighted by atomic mass is 10.1. The molecule has 5 aromatic heterocycles. The minimum Gasteiger partial charge on any atom is -0.256 e. The highest BCUT2D eigenvalue weighted by molar-refractivity contribution is 5.90. The predicted molar refractivity (Wildman–Crippen MR) is 107 cm³/mol. The molecule has 0 radical (unpaired) electrons. The van der Waals surface area contributed by atoms with Crippen molar-refractivity contribution < 1.29 is 0 Å². The van der Waals surface area contributed by atoms with Gasteiger partial charge in [0.2, 0.25) is 0 Å². The van der Waals surface area contributed by atoms with Crippen molar-refractivity contribution >= 4 is 40.0 Å². The number of halogens is 1. The molecule has 0 aliphatic rings. The van der Waals surface area contributed by atoms with Crippen molar-refractivity contribution in [2.75, 3.05) is 0 Å². The van der Waals surface area contributed by atoms with E-state index in [1.807, 2.05) is 42.0 Å². The predicted octanol–water partition coefficient (Wildman–Crippen LogP) is 3.74. The van der Waals surface area contributed by atoms with Crippen LogP contribution in [0.3, 0.4) is 0 Å². The van der Waals surface area contributed by atoms with E-state index >= 15 is 0 Å². The van der Waals surface area contributed by atoms with Gasteiger partial charge in [-0.3, -0.25) is 4.98 Å². The lowest BCUT2D eigenvalue weighted by molar-refractivity contribution is 0.823. The van der Waals surface area contributed by atoms with E-state index in [9.17, 15) is 0 Å². The average molecular weight is 377 g/mol. The van der Waals surface area contributed by atoms with Crippen molar-refractivity contribution in [2.24, 2.45) is 0 Å². The van der Waals surface area contributed by atoms with E-state index in [0.717, 1.165) is 57.5 Å². The summed E-state index contributed by atoms with van der Waals surface area (Å²) in [6.07, 6.45) is 7.05. The molecule has 5 aromatic rings. The summed E-state index contributed by atoms with van der Waals surface area (Å²) >= 11 is 0. The molecule has 0 atom stereocenters. The molecule has 0 saturated heterocycles. The third-order valence-electron chi connectivity index (χ3n) is 4.47. The van der Waals surface area contributed by atoms with Gasteiger partial charge in [0.1, 0.15) is 0 Å². The first-order chi connectivity index (χ1) is 12.8. The number of aryl methyl sites for hydroxylation is 3. The zero-order chi connectivity index (χ0) is 17.5. The Morgan fingerprint density at radius 2 is 1.93 bits per heavy atom. The second-order valence-electron chi connectivity index (χ2n) is 6.41. The van der Waals surface area contributed by atoms with Gasteiger partial charge in [-0.25, -0.2) is 19.5 Å². The van der Waals surface area contributed by atoms with Crippen molar-refractivity contribution in [2.45, 2.75) is 19.8 Å². The minimum atomic E-state index is 0. The largest absolute Gasteiger partial charge is 0.256 e. The molecule has 0 unspecified atom stereocenters. The van der Waals surface area contributed by atoms with E-state index in [1.54, 1.807) is 6.20 Å². The maximum atomic E-state index is 4.70. The van der Waals surface area contributed by atoms with Crippen molar-refractivity contribution in [1.29, 1.82) is 0 Å². The summed E-state index contributed by atoms with van der Waals surface area (Å²) in [5.74, 6) is 0.806. The summed E-state index contributed by atoms with van der Waals surface area (Å²) in [6, 6.07) is 12.1. The average Bonchev–Trinajstić information content (AvgIpc) is 3.10. The van der Waals surface area contributed by atoms with Crippen LogP contribution in [-0.4, -0.2) is 29.5 Å². The molecular weight excluding hydrogens is 360 g/mol. The van der Waals surface area contributed by atoms with Crippen LogP contribution in [-0.2, 0) is 12.8 Å². The number of hydrogen-bond acceptors (Lipinski definition) is 5. The van der Waals surface area contributed by atoms with Crippen LogP contribution < -0.4 is 0 Å². The lowest BCUT2D eigenvalue weighted by Gasteiger charge is -2.02. The van der Waals surface area contributed by atoms with Crippen LogP contribution in [0.2, 0.25) is 0 Å². The number of rotatable bonds is 3. The highest BCUT2D eigenvalue weighted by Gasteiger charge is 2.09. The zero-order valence-corrected chi connectivity index (χ0v) is 15.5. The fourth-order valence-corrected chi connectivity index (χ4v) is 3.18. The lowest BCUT2D eigenvalue weighted by Crippen LogP contribution is -1.98. The summed E-state index contributed by atoms with van der Waals surface area (Å²) in [6.45, 7) is 2.04. The fourth-order valence-electron chi connectivity index (χ4n) is 3.18. The summed E-state index contributed by atoms with van der Waals surface area (Å²) in [5, 5.41) is 6.67. The van der Waals surface area contributed by atoms with Crippen LogP contribution in [0.5, 0.6) is 0 Å². The van der Waals surface area contributed by atoms with Gasteiger partial charge in [-0.1, -0.05) is 0 Å². The van der Waals surface area contributed by atoms with Gasteiger partial charge in [0.25, 0.3) is 0 Å². The van der Waals surface area contributed by atoms with Gasteiger partial charge in [0.15, 0.2) is 17.1 Å². The summed E-state index contributed by atoms with van der Waals surface area (Å²) < 4.78 is 1.82. The molecule has 134 valence electrons. The van der Waals surface area contributed by atoms with Gasteiger partial charge < -0.3 is 0 Å². The van der Waals surface area contributed by atoms with Crippen LogP contribution >= 0.6 is 12.4 Å². The van der Waals surface area contributed by atoms with E-state index in [4.69, 9.17) is 4.98 Å². The number of fused-ring (bicyclic) bond motifs is 4. The monoisotopic (exact) mass is 376 g/mol. The molecule has 0 spiro atoms. The van der Waals surface area contributed by atoms with Crippen LogP contribution in [0.15, 0.2) is 55.0 Å². The van der Waals surface area contributed by atoms with E-state index < -0.39 is 0 Å². The molecule has 27 heavy (non-hydrogen) atoms. The Morgan fingerprint density at radius 1 is 1.00 bits per heavy atom. The van der Waals surface area contributed by atoms with Crippen LogP contribution in [0.4, 0.5) is 0 Å². The molecule has 5 heterocycles. The van der Waals surface area contributed by atoms with E-state index in [-0.39, 0.29) is 12.4 Å². The van der Waals surface area contributed by atoms with Gasteiger partial charge in [-0.2, -0.15) is 5.10 Å². The Balaban J connectivity index is 0.00000180. The molecule has 0 amide bonds. The maximum Gasteiger partial charge on any atom is 0.164 e. The van der Waals surface area contributed by atoms with Crippen molar-refractivity contribution in [1.82, 2.24) is 29.5 Å². The normalized spacial score (nSPS) is 11.1. The highest BCUT2D eigenvalue weighted by atomic mass is 35.5. The molecule has 0 bridgehead atoms. The second kappa shape index (κ2) is 6.89. The first kappa shape index (κ1) is 17.3. The molecule has 0 N–H and O–H groups in total. The third kappa shape index (κ3) is 3.19. The SMILES string of the molecule is Cc1cnc2nc(CCc3nc4c5cccnc5ccn4n3)ccc2c1.Cl. The van der Waals surface area contributed by atoms with Gasteiger partial charge in [0.05, 0.1) is 5.52 Å². The Hall–Kier alpha value is -3.12. The molecule has 6 nitrogen and oxygen atoms in total. The molecule has 0 saturated carbocycles. The van der Waals surface area contributed by atoms with Crippen molar-refractivity contribution in [3.63, 3.8) is 0 Å². The van der Waals surface area contributed by atoms with Crippen LogP contribution in [0.1, 0.15) is 17.1 Å². The molecule has 7 heteroatoms. The quantitative estimate of drug-likeness (QED) is 0.480. The first-order valence-electron chi connectivity index (χ1n) is 8.57. The maximum absolute atomic E-state index is 4.70. The van der Waals surface area contributed by atoms with Crippen molar-refractivity contribution in [3.8, 4) is 0 Å². The van der Waals surface area contributed by atoms with Crippen LogP contribution in [0, 0.1) is 6.92 Å². The standard InChI is InChI=1S/C20H16N6.ClH/c1-13-11-14-4-5-15(23-19(14)22-12-13)6-7-18-24-20-16-3-2-9-21-17(16)8-10-26(20)25-18;/h2-5,8-12H,6-7H2,1H3;1H. The van der Waals surface area contributed by atoms with Crippen molar-refractivity contribution in [3.05, 3.63) is 72.1 Å². The molecular formula is C20H17ClN6. The third-order valence-corrected chi connectivity index (χ3v) is 4.47. The molecule has 0 aromatic carbocycles. The molecule has 0 fully saturated rings. The van der Waals surface area contributed by atoms with E-state index in [2.05, 4.69) is 38.2 Å². The molecule has 5 rings (SSSR count).